The molecular formula is C13H17NO2. The molecule has 1 aliphatic carbocycles. The lowest BCUT2D eigenvalue weighted by molar-refractivity contribution is -0.142. The quantitative estimate of drug-likeness (QED) is 0.800. The summed E-state index contributed by atoms with van der Waals surface area (Å²) in [4.78, 5) is 11.3. The predicted molar refractivity (Wildman–Crippen MR) is 63.4 cm³/mol. The molecule has 0 saturated heterocycles. The van der Waals surface area contributed by atoms with Crippen molar-refractivity contribution in [2.75, 3.05) is 5.32 Å². The second kappa shape index (κ2) is 4.16. The van der Waals surface area contributed by atoms with Crippen LogP contribution in [-0.2, 0) is 4.79 Å². The fraction of sp³-hybridized carbons (Fsp3) is 0.462. The Labute approximate surface area is 95.5 Å². The van der Waals surface area contributed by atoms with Crippen molar-refractivity contribution in [1.82, 2.24) is 0 Å². The Bertz CT molecular complexity index is 373. The van der Waals surface area contributed by atoms with Crippen LogP contribution in [0.4, 0.5) is 5.69 Å². The number of anilines is 1. The summed E-state index contributed by atoms with van der Waals surface area (Å²) in [7, 11) is 0. The molecule has 16 heavy (non-hydrogen) atoms. The highest BCUT2D eigenvalue weighted by Gasteiger charge is 2.39. The van der Waals surface area contributed by atoms with Gasteiger partial charge in [0.05, 0.1) is 0 Å². The maximum absolute atomic E-state index is 11.3. The molecule has 0 heterocycles. The van der Waals surface area contributed by atoms with Crippen LogP contribution in [0.15, 0.2) is 30.3 Å². The first-order valence-corrected chi connectivity index (χ1v) is 5.67. The lowest BCUT2D eigenvalue weighted by Gasteiger charge is -2.27. The number of carbonyl (C=O) groups is 1. The van der Waals surface area contributed by atoms with Gasteiger partial charge < -0.3 is 10.4 Å². The third-order valence-electron chi connectivity index (χ3n) is 3.06. The largest absolute Gasteiger partial charge is 0.480 e. The molecule has 1 aromatic carbocycles. The highest BCUT2D eigenvalue weighted by Crippen LogP contribution is 2.38. The van der Waals surface area contributed by atoms with Crippen LogP contribution in [0.5, 0.6) is 0 Å². The van der Waals surface area contributed by atoms with E-state index >= 15 is 0 Å². The normalized spacial score (nSPS) is 18.8. The zero-order valence-electron chi connectivity index (χ0n) is 9.44. The van der Waals surface area contributed by atoms with Gasteiger partial charge in [-0.3, -0.25) is 0 Å². The number of hydrogen-bond donors (Lipinski definition) is 2. The summed E-state index contributed by atoms with van der Waals surface area (Å²) in [5.74, 6) is -0.194. The monoisotopic (exact) mass is 219 g/mol. The summed E-state index contributed by atoms with van der Waals surface area (Å²) < 4.78 is 0. The van der Waals surface area contributed by atoms with E-state index in [2.05, 4.69) is 5.32 Å². The van der Waals surface area contributed by atoms with Gasteiger partial charge in [-0.25, -0.2) is 4.79 Å². The number of benzene rings is 1. The van der Waals surface area contributed by atoms with Gasteiger partial charge >= 0.3 is 5.97 Å². The minimum absolute atomic E-state index is 0.581. The Balaban J connectivity index is 2.10. The zero-order chi connectivity index (χ0) is 11.6. The van der Waals surface area contributed by atoms with Crippen molar-refractivity contribution < 1.29 is 9.90 Å². The molecule has 1 aliphatic rings. The molecule has 0 radical (unpaired) electrons. The summed E-state index contributed by atoms with van der Waals surface area (Å²) in [6.45, 7) is 1.76. The van der Waals surface area contributed by atoms with Gasteiger partial charge in [-0.2, -0.15) is 0 Å². The SMILES string of the molecule is CC(CC1CC1)(Nc1ccccc1)C(=O)O. The minimum Gasteiger partial charge on any atom is -0.480 e. The van der Waals surface area contributed by atoms with E-state index in [0.29, 0.717) is 12.3 Å². The van der Waals surface area contributed by atoms with Gasteiger partial charge in [0.1, 0.15) is 5.54 Å². The molecule has 0 aromatic heterocycles. The van der Waals surface area contributed by atoms with Crippen LogP contribution >= 0.6 is 0 Å². The number of rotatable bonds is 5. The predicted octanol–water partition coefficient (Wildman–Crippen LogP) is 2.74. The van der Waals surface area contributed by atoms with E-state index in [0.717, 1.165) is 5.69 Å². The molecule has 1 saturated carbocycles. The van der Waals surface area contributed by atoms with Crippen LogP contribution in [0.25, 0.3) is 0 Å². The van der Waals surface area contributed by atoms with Gasteiger partial charge in [-0.15, -0.1) is 0 Å². The lowest BCUT2D eigenvalue weighted by atomic mass is 9.94. The average molecular weight is 219 g/mol. The number of carboxylic acid groups (broad SMARTS) is 1. The zero-order valence-corrected chi connectivity index (χ0v) is 9.44. The molecule has 3 nitrogen and oxygen atoms in total. The van der Waals surface area contributed by atoms with Crippen molar-refractivity contribution in [1.29, 1.82) is 0 Å². The van der Waals surface area contributed by atoms with E-state index in [1.807, 2.05) is 30.3 Å². The van der Waals surface area contributed by atoms with Crippen LogP contribution in [0.3, 0.4) is 0 Å². The van der Waals surface area contributed by atoms with E-state index in [4.69, 9.17) is 0 Å². The summed E-state index contributed by atoms with van der Waals surface area (Å²) in [5.41, 5.74) is 0.0238. The fourth-order valence-corrected chi connectivity index (χ4v) is 1.93. The Hall–Kier alpha value is -1.51. The van der Waals surface area contributed by atoms with Crippen LogP contribution < -0.4 is 5.32 Å². The van der Waals surface area contributed by atoms with Crippen LogP contribution in [0, 0.1) is 5.92 Å². The van der Waals surface area contributed by atoms with Crippen LogP contribution in [0.1, 0.15) is 26.2 Å². The van der Waals surface area contributed by atoms with E-state index in [1.165, 1.54) is 12.8 Å². The summed E-state index contributed by atoms with van der Waals surface area (Å²) >= 11 is 0. The van der Waals surface area contributed by atoms with Crippen LogP contribution in [0.2, 0.25) is 0 Å². The lowest BCUT2D eigenvalue weighted by Crippen LogP contribution is -2.43. The highest BCUT2D eigenvalue weighted by molar-refractivity contribution is 5.82. The van der Waals surface area contributed by atoms with Crippen molar-refractivity contribution in [3.05, 3.63) is 30.3 Å². The van der Waals surface area contributed by atoms with Crippen molar-refractivity contribution in [3.8, 4) is 0 Å². The van der Waals surface area contributed by atoms with Gasteiger partial charge in [0.2, 0.25) is 0 Å². The van der Waals surface area contributed by atoms with Crippen molar-refractivity contribution in [3.63, 3.8) is 0 Å². The van der Waals surface area contributed by atoms with E-state index < -0.39 is 11.5 Å². The van der Waals surface area contributed by atoms with Gasteiger partial charge in [-0.1, -0.05) is 31.0 Å². The number of carboxylic acids is 1. The summed E-state index contributed by atoms with van der Waals surface area (Å²) in [6, 6.07) is 9.52. The second-order valence-electron chi connectivity index (χ2n) is 4.78. The second-order valence-corrected chi connectivity index (χ2v) is 4.78. The topological polar surface area (TPSA) is 49.3 Å². The van der Waals surface area contributed by atoms with Crippen molar-refractivity contribution in [2.24, 2.45) is 5.92 Å². The van der Waals surface area contributed by atoms with Gasteiger partial charge in [0, 0.05) is 5.69 Å². The van der Waals surface area contributed by atoms with E-state index in [1.54, 1.807) is 6.92 Å². The first kappa shape index (κ1) is 11.0. The molecule has 2 N–H and O–H groups in total. The number of aliphatic carboxylic acids is 1. The summed E-state index contributed by atoms with van der Waals surface area (Å²) in [5, 5.41) is 12.4. The molecule has 1 unspecified atom stereocenters. The average Bonchev–Trinajstić information content (AvgIpc) is 3.02. The Morgan fingerprint density at radius 3 is 2.56 bits per heavy atom. The van der Waals surface area contributed by atoms with Gasteiger partial charge in [-0.05, 0) is 31.4 Å². The molecule has 2 rings (SSSR count). The maximum atomic E-state index is 11.3. The first-order chi connectivity index (χ1) is 7.60. The smallest absolute Gasteiger partial charge is 0.329 e. The van der Waals surface area contributed by atoms with Gasteiger partial charge in [0.15, 0.2) is 0 Å². The molecular weight excluding hydrogens is 202 g/mol. The molecule has 0 amide bonds. The summed E-state index contributed by atoms with van der Waals surface area (Å²) in [6.07, 6.45) is 3.04. The molecule has 1 atom stereocenters. The molecule has 86 valence electrons. The highest BCUT2D eigenvalue weighted by atomic mass is 16.4. The Morgan fingerprint density at radius 2 is 2.06 bits per heavy atom. The number of nitrogens with one attached hydrogen (secondary N) is 1. The van der Waals surface area contributed by atoms with Crippen LogP contribution in [-0.4, -0.2) is 16.6 Å². The Morgan fingerprint density at radius 1 is 1.44 bits per heavy atom. The first-order valence-electron chi connectivity index (χ1n) is 5.67. The molecule has 0 bridgehead atoms. The molecule has 0 spiro atoms. The molecule has 1 fully saturated rings. The molecule has 1 aromatic rings. The third-order valence-corrected chi connectivity index (χ3v) is 3.06. The molecule has 3 heteroatoms. The molecule has 0 aliphatic heterocycles. The number of para-hydroxylation sites is 1. The Kier molecular flexibility index (Phi) is 2.86. The van der Waals surface area contributed by atoms with E-state index in [9.17, 15) is 9.90 Å². The van der Waals surface area contributed by atoms with E-state index in [-0.39, 0.29) is 0 Å². The minimum atomic E-state index is -0.845. The van der Waals surface area contributed by atoms with Crippen molar-refractivity contribution >= 4 is 11.7 Å². The third kappa shape index (κ3) is 2.54. The standard InChI is InChI=1S/C13H17NO2/c1-13(12(15)16,9-10-7-8-10)14-11-5-3-2-4-6-11/h2-6,10,14H,7-9H2,1H3,(H,15,16). The number of hydrogen-bond acceptors (Lipinski definition) is 2. The van der Waals surface area contributed by atoms with Gasteiger partial charge in [0.25, 0.3) is 0 Å². The fourth-order valence-electron chi connectivity index (χ4n) is 1.93. The van der Waals surface area contributed by atoms with Crippen molar-refractivity contribution in [2.45, 2.75) is 31.7 Å². The maximum Gasteiger partial charge on any atom is 0.329 e.